The lowest BCUT2D eigenvalue weighted by Gasteiger charge is -2.48. The fourth-order valence-corrected chi connectivity index (χ4v) is 5.11. The van der Waals surface area contributed by atoms with E-state index in [-0.39, 0.29) is 17.1 Å². The molecule has 5 heteroatoms. The molecule has 1 heterocycles. The topological polar surface area (TPSA) is 86.6 Å². The number of benzene rings is 3. The maximum absolute atomic E-state index is 13.8. The molecule has 1 saturated heterocycles. The van der Waals surface area contributed by atoms with Gasteiger partial charge in [-0.2, -0.15) is 0 Å². The van der Waals surface area contributed by atoms with Crippen LogP contribution in [-0.4, -0.2) is 22.0 Å². The van der Waals surface area contributed by atoms with Gasteiger partial charge in [-0.3, -0.25) is 14.9 Å². The Bertz CT molecular complexity index is 1230. The molecule has 1 fully saturated rings. The van der Waals surface area contributed by atoms with Gasteiger partial charge in [0.05, 0.1) is 5.41 Å². The predicted octanol–water partition coefficient (Wildman–Crippen LogP) is 3.47. The van der Waals surface area contributed by atoms with Crippen LogP contribution in [0.3, 0.4) is 0 Å². The van der Waals surface area contributed by atoms with Crippen molar-refractivity contribution in [3.8, 4) is 11.5 Å². The predicted molar refractivity (Wildman–Crippen MR) is 115 cm³/mol. The van der Waals surface area contributed by atoms with E-state index in [1.54, 1.807) is 78.9 Å². The monoisotopic (exact) mass is 409 g/mol. The molecule has 5 nitrogen and oxygen atoms in total. The Balaban J connectivity index is 2.02. The van der Waals surface area contributed by atoms with Gasteiger partial charge in [-0.1, -0.05) is 85.0 Å². The van der Waals surface area contributed by atoms with Crippen LogP contribution >= 0.6 is 0 Å². The van der Waals surface area contributed by atoms with Gasteiger partial charge in [0, 0.05) is 16.7 Å². The maximum Gasteiger partial charge on any atom is 0.255 e. The molecule has 1 atom stereocenters. The Morgan fingerprint density at radius 2 is 1.26 bits per heavy atom. The van der Waals surface area contributed by atoms with Crippen molar-refractivity contribution >= 4 is 11.8 Å². The van der Waals surface area contributed by atoms with E-state index in [4.69, 9.17) is 0 Å². The van der Waals surface area contributed by atoms with E-state index in [1.807, 2.05) is 6.07 Å². The molecular formula is C26H19NO4. The van der Waals surface area contributed by atoms with Crippen molar-refractivity contribution in [3.05, 3.63) is 119 Å². The Kier molecular flexibility index (Phi) is 4.08. The van der Waals surface area contributed by atoms with Crippen LogP contribution < -0.4 is 5.32 Å². The summed E-state index contributed by atoms with van der Waals surface area (Å²) >= 11 is 0. The molecule has 2 amide bonds. The maximum atomic E-state index is 13.8. The lowest BCUT2D eigenvalue weighted by molar-refractivity contribution is -0.127. The van der Waals surface area contributed by atoms with E-state index in [1.165, 1.54) is 12.1 Å². The van der Waals surface area contributed by atoms with Crippen molar-refractivity contribution in [2.24, 2.45) is 0 Å². The highest BCUT2D eigenvalue weighted by Gasteiger charge is 2.67. The minimum atomic E-state index is -1.53. The zero-order valence-electron chi connectivity index (χ0n) is 16.4. The molecular weight excluding hydrogens is 390 g/mol. The van der Waals surface area contributed by atoms with Crippen molar-refractivity contribution < 1.29 is 19.8 Å². The molecule has 5 rings (SSSR count). The second-order valence-electron chi connectivity index (χ2n) is 7.68. The molecule has 0 bridgehead atoms. The van der Waals surface area contributed by atoms with Gasteiger partial charge in [0.15, 0.2) is 0 Å². The van der Waals surface area contributed by atoms with E-state index >= 15 is 0 Å². The summed E-state index contributed by atoms with van der Waals surface area (Å²) < 4.78 is 0. The Labute approximate surface area is 179 Å². The summed E-state index contributed by atoms with van der Waals surface area (Å²) in [5.41, 5.74) is -1.25. The first-order valence-electron chi connectivity index (χ1n) is 9.91. The van der Waals surface area contributed by atoms with Crippen molar-refractivity contribution in [2.45, 2.75) is 10.8 Å². The molecule has 3 aromatic rings. The highest BCUT2D eigenvalue weighted by atomic mass is 16.3. The molecule has 1 aliphatic heterocycles. The summed E-state index contributed by atoms with van der Waals surface area (Å²) in [5, 5.41) is 24.4. The van der Waals surface area contributed by atoms with Crippen molar-refractivity contribution in [1.82, 2.24) is 5.32 Å². The number of rotatable bonds is 3. The normalized spacial score (nSPS) is 21.4. The number of imide groups is 1. The summed E-state index contributed by atoms with van der Waals surface area (Å²) in [6.45, 7) is 0. The highest BCUT2D eigenvalue weighted by Crippen LogP contribution is 2.60. The molecule has 1 aliphatic carbocycles. The molecule has 3 aromatic carbocycles. The van der Waals surface area contributed by atoms with E-state index in [0.717, 1.165) is 0 Å². The van der Waals surface area contributed by atoms with Gasteiger partial charge in [-0.05, 0) is 17.7 Å². The van der Waals surface area contributed by atoms with E-state index in [0.29, 0.717) is 16.7 Å². The minimum Gasteiger partial charge on any atom is -0.508 e. The van der Waals surface area contributed by atoms with Gasteiger partial charge in [-0.25, -0.2) is 0 Å². The quantitative estimate of drug-likeness (QED) is 0.578. The number of phenols is 2. The first-order valence-corrected chi connectivity index (χ1v) is 9.91. The number of hydrogen-bond donors (Lipinski definition) is 3. The Hall–Kier alpha value is -4.12. The lowest BCUT2D eigenvalue weighted by atomic mass is 9.50. The van der Waals surface area contributed by atoms with Crippen LogP contribution in [0.1, 0.15) is 16.7 Å². The minimum absolute atomic E-state index is 0.0425. The molecule has 2 aliphatic rings. The molecule has 0 spiro atoms. The summed E-state index contributed by atoms with van der Waals surface area (Å²) in [6, 6.07) is 22.4. The number of fused-ring (bicyclic) bond motifs is 1. The van der Waals surface area contributed by atoms with Crippen molar-refractivity contribution in [3.63, 3.8) is 0 Å². The number of nitrogens with one attached hydrogen (secondary N) is 1. The van der Waals surface area contributed by atoms with Crippen molar-refractivity contribution in [1.29, 1.82) is 0 Å². The van der Waals surface area contributed by atoms with Crippen LogP contribution in [0, 0.1) is 0 Å². The van der Waals surface area contributed by atoms with Crippen molar-refractivity contribution in [2.75, 3.05) is 0 Å². The van der Waals surface area contributed by atoms with Crippen LogP contribution in [0.5, 0.6) is 11.5 Å². The number of carbonyl (C=O) groups is 2. The van der Waals surface area contributed by atoms with Gasteiger partial charge >= 0.3 is 0 Å². The first-order chi connectivity index (χ1) is 15.0. The van der Waals surface area contributed by atoms with Crippen LogP contribution in [-0.2, 0) is 20.4 Å². The number of phenolic OH excluding ortho intramolecular Hbond substituents is 2. The second-order valence-corrected chi connectivity index (χ2v) is 7.68. The number of allylic oxidation sites excluding steroid dienone is 3. The fourth-order valence-electron chi connectivity index (χ4n) is 5.11. The highest BCUT2D eigenvalue weighted by molar-refractivity contribution is 6.22. The average molecular weight is 409 g/mol. The number of hydrogen-bond acceptors (Lipinski definition) is 4. The number of amides is 2. The zero-order chi connectivity index (χ0) is 21.6. The second kappa shape index (κ2) is 6.71. The van der Waals surface area contributed by atoms with E-state index in [9.17, 15) is 19.8 Å². The zero-order valence-corrected chi connectivity index (χ0v) is 16.4. The molecule has 31 heavy (non-hydrogen) atoms. The van der Waals surface area contributed by atoms with E-state index < -0.39 is 22.6 Å². The van der Waals surface area contributed by atoms with E-state index in [2.05, 4.69) is 5.32 Å². The summed E-state index contributed by atoms with van der Waals surface area (Å²) in [7, 11) is 0. The van der Waals surface area contributed by atoms with Gasteiger partial charge in [-0.15, -0.1) is 0 Å². The Morgan fingerprint density at radius 1 is 0.710 bits per heavy atom. The number of para-hydroxylation sites is 2. The molecule has 3 N–H and O–H groups in total. The lowest BCUT2D eigenvalue weighted by Crippen LogP contribution is -2.55. The molecule has 152 valence electrons. The summed E-state index contributed by atoms with van der Waals surface area (Å²) in [5.74, 6) is -1.09. The standard InChI is InChI=1S/C26H19NO4/c28-21-14-6-4-11-18(21)25(19-12-5-7-15-22(19)29)16-8-13-20-23(30)27-24(31)26(20,25)17-9-2-1-3-10-17/h1-16,28-29H,(H,27,30,31). The molecule has 0 aromatic heterocycles. The van der Waals surface area contributed by atoms with Gasteiger partial charge < -0.3 is 10.2 Å². The average Bonchev–Trinajstić information content (AvgIpc) is 3.06. The molecule has 0 saturated carbocycles. The molecule has 1 unspecified atom stereocenters. The third kappa shape index (κ3) is 2.31. The number of aromatic hydroxyl groups is 2. The first kappa shape index (κ1) is 18.9. The van der Waals surface area contributed by atoms with Crippen LogP contribution in [0.4, 0.5) is 0 Å². The fraction of sp³-hybridized carbons (Fsp3) is 0.0769. The largest absolute Gasteiger partial charge is 0.508 e. The van der Waals surface area contributed by atoms with Crippen LogP contribution in [0.15, 0.2) is 103 Å². The van der Waals surface area contributed by atoms with Crippen LogP contribution in [0.25, 0.3) is 0 Å². The smallest absolute Gasteiger partial charge is 0.255 e. The van der Waals surface area contributed by atoms with Gasteiger partial charge in [0.1, 0.15) is 16.9 Å². The number of carbonyl (C=O) groups excluding carboxylic acids is 2. The summed E-state index contributed by atoms with van der Waals surface area (Å²) in [6.07, 6.45) is 5.12. The molecule has 0 radical (unpaired) electrons. The Morgan fingerprint density at radius 3 is 1.84 bits per heavy atom. The van der Waals surface area contributed by atoms with Gasteiger partial charge in [0.2, 0.25) is 5.91 Å². The third-order valence-corrected chi connectivity index (χ3v) is 6.28. The SMILES string of the molecule is O=C1NC(=O)C2(c3ccccc3)C1=CC=CC2(c1ccccc1O)c1ccccc1O. The third-order valence-electron chi connectivity index (χ3n) is 6.28. The van der Waals surface area contributed by atoms with Gasteiger partial charge in [0.25, 0.3) is 5.91 Å². The summed E-state index contributed by atoms with van der Waals surface area (Å²) in [4.78, 5) is 26.7. The van der Waals surface area contributed by atoms with Crippen LogP contribution in [0.2, 0.25) is 0 Å².